The third-order valence-corrected chi connectivity index (χ3v) is 2.37. The van der Waals surface area contributed by atoms with Gasteiger partial charge in [-0.25, -0.2) is 0 Å². The van der Waals surface area contributed by atoms with Gasteiger partial charge in [0.1, 0.15) is 0 Å². The molecular formula is C13H19N. The molecule has 0 atom stereocenters. The van der Waals surface area contributed by atoms with Crippen LogP contribution in [0.5, 0.6) is 0 Å². The van der Waals surface area contributed by atoms with E-state index in [0.29, 0.717) is 0 Å². The first-order valence-corrected chi connectivity index (χ1v) is 5.14. The number of hydrogen-bond donors (Lipinski definition) is 1. The SMILES string of the molecule is CC/C=C(\N)Cc1cc(C)ccc1C. The molecule has 1 aromatic carbocycles. The highest BCUT2D eigenvalue weighted by Gasteiger charge is 1.99. The number of aryl methyl sites for hydroxylation is 2. The zero-order valence-corrected chi connectivity index (χ0v) is 9.30. The first kappa shape index (κ1) is 10.8. The predicted octanol–water partition coefficient (Wildman–Crippen LogP) is 3.10. The summed E-state index contributed by atoms with van der Waals surface area (Å²) >= 11 is 0. The lowest BCUT2D eigenvalue weighted by molar-refractivity contribution is 1.05. The molecule has 14 heavy (non-hydrogen) atoms. The highest BCUT2D eigenvalue weighted by molar-refractivity contribution is 5.33. The molecule has 0 unspecified atom stereocenters. The first-order chi connectivity index (χ1) is 6.63. The predicted molar refractivity (Wildman–Crippen MR) is 62.2 cm³/mol. The smallest absolute Gasteiger partial charge is 0.0120 e. The first-order valence-electron chi connectivity index (χ1n) is 5.14. The normalized spacial score (nSPS) is 11.8. The van der Waals surface area contributed by atoms with Crippen molar-refractivity contribution >= 4 is 0 Å². The highest BCUT2D eigenvalue weighted by atomic mass is 14.6. The second kappa shape index (κ2) is 4.85. The van der Waals surface area contributed by atoms with Crippen molar-refractivity contribution in [2.45, 2.75) is 33.6 Å². The Morgan fingerprint density at radius 3 is 2.71 bits per heavy atom. The van der Waals surface area contributed by atoms with Crippen LogP contribution in [0.1, 0.15) is 30.0 Å². The van der Waals surface area contributed by atoms with Gasteiger partial charge < -0.3 is 5.73 Å². The van der Waals surface area contributed by atoms with Crippen molar-refractivity contribution in [1.82, 2.24) is 0 Å². The lowest BCUT2D eigenvalue weighted by atomic mass is 10.0. The number of nitrogens with two attached hydrogens (primary N) is 1. The van der Waals surface area contributed by atoms with Crippen molar-refractivity contribution in [2.24, 2.45) is 5.73 Å². The molecule has 0 spiro atoms. The number of hydrogen-bond acceptors (Lipinski definition) is 1. The molecule has 2 N–H and O–H groups in total. The Hall–Kier alpha value is -1.24. The van der Waals surface area contributed by atoms with Crippen LogP contribution in [-0.2, 0) is 6.42 Å². The van der Waals surface area contributed by atoms with E-state index in [1.807, 2.05) is 0 Å². The molecule has 1 nitrogen and oxygen atoms in total. The van der Waals surface area contributed by atoms with E-state index in [-0.39, 0.29) is 0 Å². The Balaban J connectivity index is 2.85. The van der Waals surface area contributed by atoms with E-state index in [2.05, 4.69) is 45.0 Å². The molecule has 0 heterocycles. The van der Waals surface area contributed by atoms with Gasteiger partial charge in [0.25, 0.3) is 0 Å². The van der Waals surface area contributed by atoms with Gasteiger partial charge in [0, 0.05) is 12.1 Å². The minimum atomic E-state index is 0.876. The van der Waals surface area contributed by atoms with Crippen LogP contribution in [0.4, 0.5) is 0 Å². The summed E-state index contributed by atoms with van der Waals surface area (Å²) < 4.78 is 0. The molecule has 1 heteroatoms. The summed E-state index contributed by atoms with van der Waals surface area (Å²) in [4.78, 5) is 0. The average Bonchev–Trinajstić information content (AvgIpc) is 2.12. The fourth-order valence-electron chi connectivity index (χ4n) is 1.54. The molecule has 1 aromatic rings. The minimum Gasteiger partial charge on any atom is -0.402 e. The third kappa shape index (κ3) is 2.91. The van der Waals surface area contributed by atoms with Crippen LogP contribution >= 0.6 is 0 Å². The van der Waals surface area contributed by atoms with Gasteiger partial charge >= 0.3 is 0 Å². The van der Waals surface area contributed by atoms with Crippen molar-refractivity contribution in [1.29, 1.82) is 0 Å². The van der Waals surface area contributed by atoms with Crippen LogP contribution in [0.2, 0.25) is 0 Å². The van der Waals surface area contributed by atoms with Crippen molar-refractivity contribution in [3.63, 3.8) is 0 Å². The Morgan fingerprint density at radius 1 is 1.36 bits per heavy atom. The number of rotatable bonds is 3. The fourth-order valence-corrected chi connectivity index (χ4v) is 1.54. The Labute approximate surface area is 86.6 Å². The van der Waals surface area contributed by atoms with Gasteiger partial charge in [-0.2, -0.15) is 0 Å². The van der Waals surface area contributed by atoms with Gasteiger partial charge in [-0.3, -0.25) is 0 Å². The second-order valence-electron chi connectivity index (χ2n) is 3.79. The van der Waals surface area contributed by atoms with Crippen molar-refractivity contribution in [2.75, 3.05) is 0 Å². The highest BCUT2D eigenvalue weighted by Crippen LogP contribution is 2.13. The molecule has 0 aliphatic carbocycles. The van der Waals surface area contributed by atoms with Gasteiger partial charge in [0.05, 0.1) is 0 Å². The van der Waals surface area contributed by atoms with Gasteiger partial charge in [0.2, 0.25) is 0 Å². The third-order valence-electron chi connectivity index (χ3n) is 2.37. The van der Waals surface area contributed by atoms with E-state index in [1.54, 1.807) is 0 Å². The largest absolute Gasteiger partial charge is 0.402 e. The number of benzene rings is 1. The van der Waals surface area contributed by atoms with Crippen molar-refractivity contribution in [3.05, 3.63) is 46.7 Å². The van der Waals surface area contributed by atoms with Crippen molar-refractivity contribution in [3.8, 4) is 0 Å². The quantitative estimate of drug-likeness (QED) is 0.777. The molecule has 0 radical (unpaired) electrons. The molecule has 0 amide bonds. The Morgan fingerprint density at radius 2 is 2.07 bits per heavy atom. The molecule has 0 fully saturated rings. The van der Waals surface area contributed by atoms with Crippen LogP contribution < -0.4 is 5.73 Å². The van der Waals surface area contributed by atoms with Crippen molar-refractivity contribution < 1.29 is 0 Å². The van der Waals surface area contributed by atoms with E-state index in [1.165, 1.54) is 16.7 Å². The van der Waals surface area contributed by atoms with E-state index >= 15 is 0 Å². The second-order valence-corrected chi connectivity index (χ2v) is 3.79. The molecule has 0 saturated heterocycles. The summed E-state index contributed by atoms with van der Waals surface area (Å²) in [6.45, 7) is 6.35. The molecule has 0 aliphatic heterocycles. The molecule has 0 aromatic heterocycles. The average molecular weight is 189 g/mol. The summed E-state index contributed by atoms with van der Waals surface area (Å²) in [6.07, 6.45) is 3.97. The molecule has 0 aliphatic rings. The van der Waals surface area contributed by atoms with Gasteiger partial charge in [-0.15, -0.1) is 0 Å². The van der Waals surface area contributed by atoms with E-state index in [0.717, 1.165) is 18.5 Å². The van der Waals surface area contributed by atoms with Gasteiger partial charge in [-0.1, -0.05) is 36.8 Å². The van der Waals surface area contributed by atoms with Crippen LogP contribution in [0.15, 0.2) is 30.0 Å². The van der Waals surface area contributed by atoms with E-state index in [4.69, 9.17) is 5.73 Å². The topological polar surface area (TPSA) is 26.0 Å². The lowest BCUT2D eigenvalue weighted by Gasteiger charge is -2.07. The fraction of sp³-hybridized carbons (Fsp3) is 0.385. The molecule has 1 rings (SSSR count). The van der Waals surface area contributed by atoms with Gasteiger partial charge in [0.15, 0.2) is 0 Å². The van der Waals surface area contributed by atoms with Gasteiger partial charge in [-0.05, 0) is 31.4 Å². The zero-order valence-electron chi connectivity index (χ0n) is 9.30. The standard InChI is InChI=1S/C13H19N/c1-4-5-13(14)9-12-8-10(2)6-7-11(12)3/h5-8H,4,9,14H2,1-3H3/b13-5-. The van der Waals surface area contributed by atoms with Crippen LogP contribution in [0, 0.1) is 13.8 Å². The van der Waals surface area contributed by atoms with Crippen LogP contribution in [-0.4, -0.2) is 0 Å². The summed E-state index contributed by atoms with van der Waals surface area (Å²) in [5.74, 6) is 0. The molecule has 76 valence electrons. The zero-order chi connectivity index (χ0) is 10.6. The summed E-state index contributed by atoms with van der Waals surface area (Å²) in [6, 6.07) is 6.51. The minimum absolute atomic E-state index is 0.876. The number of allylic oxidation sites excluding steroid dienone is 2. The maximum Gasteiger partial charge on any atom is 0.0120 e. The van der Waals surface area contributed by atoms with Crippen LogP contribution in [0.25, 0.3) is 0 Å². The Bertz CT molecular complexity index is 337. The van der Waals surface area contributed by atoms with E-state index < -0.39 is 0 Å². The Kier molecular flexibility index (Phi) is 3.75. The van der Waals surface area contributed by atoms with E-state index in [9.17, 15) is 0 Å². The molecule has 0 saturated carbocycles. The maximum absolute atomic E-state index is 5.90. The lowest BCUT2D eigenvalue weighted by Crippen LogP contribution is -2.02. The monoisotopic (exact) mass is 189 g/mol. The molecule has 0 bridgehead atoms. The summed E-state index contributed by atoms with van der Waals surface area (Å²) in [5.41, 5.74) is 10.8. The summed E-state index contributed by atoms with van der Waals surface area (Å²) in [5, 5.41) is 0. The molecular weight excluding hydrogens is 170 g/mol. The van der Waals surface area contributed by atoms with Crippen LogP contribution in [0.3, 0.4) is 0 Å². The summed E-state index contributed by atoms with van der Waals surface area (Å²) in [7, 11) is 0. The maximum atomic E-state index is 5.90.